The summed E-state index contributed by atoms with van der Waals surface area (Å²) >= 11 is 0. The molecule has 73 heavy (non-hydrogen) atoms. The summed E-state index contributed by atoms with van der Waals surface area (Å²) in [6.45, 7) is 38.8. The maximum Gasteiger partial charge on any atom is 0.333 e. The Morgan fingerprint density at radius 2 is 1.05 bits per heavy atom. The van der Waals surface area contributed by atoms with Gasteiger partial charge in [-0.2, -0.15) is 0 Å². The smallest absolute Gasteiger partial charge is 0.333 e. The van der Waals surface area contributed by atoms with Crippen LogP contribution >= 0.6 is 0 Å². The van der Waals surface area contributed by atoms with Gasteiger partial charge in [0.1, 0.15) is 11.2 Å². The molecule has 14 rings (SSSR count). The molecule has 0 amide bonds. The van der Waals surface area contributed by atoms with Crippen molar-refractivity contribution < 1.29 is 4.42 Å². The molecule has 0 saturated heterocycles. The molecule has 0 N–H and O–H groups in total. The number of benzene rings is 7. The van der Waals surface area contributed by atoms with E-state index in [2.05, 4.69) is 223 Å². The lowest BCUT2D eigenvalue weighted by Crippen LogP contribution is -2.60. The summed E-state index contributed by atoms with van der Waals surface area (Å²) in [6.07, 6.45) is 4.72. The third-order valence-electron chi connectivity index (χ3n) is 19.8. The van der Waals surface area contributed by atoms with Gasteiger partial charge in [-0.05, 0) is 185 Å². The highest BCUT2D eigenvalue weighted by Crippen LogP contribution is 2.60. The van der Waals surface area contributed by atoms with E-state index in [0.717, 1.165) is 24.0 Å². The number of para-hydroxylation sites is 1. The number of rotatable bonds is 1. The van der Waals surface area contributed by atoms with Crippen LogP contribution in [-0.2, 0) is 37.9 Å². The van der Waals surface area contributed by atoms with E-state index in [-0.39, 0.29) is 44.8 Å². The fourth-order valence-electron chi connectivity index (χ4n) is 15.0. The quantitative estimate of drug-likeness (QED) is 0.153. The Kier molecular flexibility index (Phi) is 8.64. The average molecular weight is 957 g/mol. The number of aromatic nitrogens is 1. The van der Waals surface area contributed by atoms with Crippen LogP contribution in [-0.4, -0.2) is 11.4 Å². The van der Waals surface area contributed by atoms with Gasteiger partial charge in [-0.1, -0.05) is 159 Å². The molecule has 3 aliphatic carbocycles. The first-order chi connectivity index (χ1) is 34.2. The molecule has 9 aromatic rings. The number of fused-ring (bicyclic) bond motifs is 18. The van der Waals surface area contributed by atoms with Crippen molar-refractivity contribution in [3.63, 3.8) is 0 Å². The minimum Gasteiger partial charge on any atom is -0.455 e. The Morgan fingerprint density at radius 3 is 1.70 bits per heavy atom. The highest BCUT2D eigenvalue weighted by atomic mass is 16.3. The van der Waals surface area contributed by atoms with Crippen molar-refractivity contribution in [1.82, 2.24) is 4.57 Å². The Morgan fingerprint density at radius 1 is 0.493 bits per heavy atom. The molecule has 0 fully saturated rings. The lowest BCUT2D eigenvalue weighted by Gasteiger charge is -2.43. The fourth-order valence-corrected chi connectivity index (χ4v) is 15.0. The molecule has 0 atom stereocenters. The summed E-state index contributed by atoms with van der Waals surface area (Å²) in [5.41, 5.74) is 28.1. The van der Waals surface area contributed by atoms with E-state index in [1.54, 1.807) is 0 Å². The van der Waals surface area contributed by atoms with E-state index in [1.807, 2.05) is 0 Å². The average Bonchev–Trinajstić information content (AvgIpc) is 3.98. The standard InChI is InChI=1S/C69H73BN2O/c1-63(2,3)38-21-24-40(25-22-38)72-55-36-47-42(43-33-48-50(35-46(43)69(47,15)16)67(11,12)29-27-65(48,7)8)32-44(55)57-58-41-19-17-18-20-56(41)73-62(58)59-45-34-49-51(68(13,14)30-28-66(49,9)10)37-54(45)71-53-26-23-39(64(4,5)6)31-52(53)70(72)60(57)61(59)71/h17-26,31-37H,27-30H2,1-16H3. The number of anilines is 2. The summed E-state index contributed by atoms with van der Waals surface area (Å²) in [6, 6.07) is 41.8. The predicted octanol–water partition coefficient (Wildman–Crippen LogP) is 17.5. The van der Waals surface area contributed by atoms with E-state index >= 15 is 0 Å². The molecule has 0 unspecified atom stereocenters. The molecule has 0 spiro atoms. The summed E-state index contributed by atoms with van der Waals surface area (Å²) in [7, 11) is 0. The minimum absolute atomic E-state index is 0.0201. The van der Waals surface area contributed by atoms with Gasteiger partial charge >= 0.3 is 6.85 Å². The van der Waals surface area contributed by atoms with Gasteiger partial charge in [0.05, 0.1) is 16.4 Å². The fraction of sp³-hybridized carbons (Fsp3) is 0.391. The number of nitrogens with zero attached hydrogens (tertiary/aromatic N) is 2. The molecule has 368 valence electrons. The largest absolute Gasteiger partial charge is 0.455 e. The second kappa shape index (κ2) is 13.8. The van der Waals surface area contributed by atoms with Crippen molar-refractivity contribution in [1.29, 1.82) is 0 Å². The molecular formula is C69H73BN2O. The monoisotopic (exact) mass is 957 g/mol. The molecule has 4 heterocycles. The zero-order chi connectivity index (χ0) is 51.2. The first-order valence-corrected chi connectivity index (χ1v) is 27.6. The second-order valence-electron chi connectivity index (χ2n) is 28.7. The zero-order valence-corrected chi connectivity index (χ0v) is 46.5. The molecule has 0 saturated carbocycles. The minimum atomic E-state index is -0.215. The van der Waals surface area contributed by atoms with Crippen molar-refractivity contribution in [3.05, 3.63) is 148 Å². The molecule has 7 aromatic carbocycles. The Bertz CT molecular complexity index is 3960. The molecule has 0 bridgehead atoms. The van der Waals surface area contributed by atoms with Crippen molar-refractivity contribution in [2.75, 3.05) is 4.81 Å². The van der Waals surface area contributed by atoms with Crippen LogP contribution in [0.2, 0.25) is 0 Å². The molecule has 2 aromatic heterocycles. The van der Waals surface area contributed by atoms with Crippen LogP contribution in [0.3, 0.4) is 0 Å². The number of furan rings is 1. The maximum atomic E-state index is 7.43. The summed E-state index contributed by atoms with van der Waals surface area (Å²) in [4.78, 5) is 2.78. The first-order valence-electron chi connectivity index (χ1n) is 27.6. The van der Waals surface area contributed by atoms with Crippen LogP contribution in [0.1, 0.15) is 181 Å². The van der Waals surface area contributed by atoms with E-state index in [0.29, 0.717) is 0 Å². The van der Waals surface area contributed by atoms with E-state index in [9.17, 15) is 0 Å². The lowest BCUT2D eigenvalue weighted by molar-refractivity contribution is 0.331. The van der Waals surface area contributed by atoms with Gasteiger partial charge < -0.3 is 13.8 Å². The van der Waals surface area contributed by atoms with Crippen molar-refractivity contribution >= 4 is 72.9 Å². The highest BCUT2D eigenvalue weighted by Gasteiger charge is 2.50. The van der Waals surface area contributed by atoms with Crippen LogP contribution < -0.4 is 15.7 Å². The third-order valence-corrected chi connectivity index (χ3v) is 19.8. The molecular weight excluding hydrogens is 884 g/mol. The van der Waals surface area contributed by atoms with Crippen LogP contribution in [0.5, 0.6) is 0 Å². The van der Waals surface area contributed by atoms with E-state index in [1.165, 1.54) is 140 Å². The Labute approximate surface area is 434 Å². The topological polar surface area (TPSA) is 21.3 Å². The predicted molar refractivity (Wildman–Crippen MR) is 313 cm³/mol. The maximum absolute atomic E-state index is 7.43. The molecule has 3 nitrogen and oxygen atoms in total. The van der Waals surface area contributed by atoms with E-state index < -0.39 is 0 Å². The van der Waals surface area contributed by atoms with Crippen LogP contribution in [0.4, 0.5) is 11.4 Å². The van der Waals surface area contributed by atoms with Crippen molar-refractivity contribution in [2.45, 2.75) is 174 Å². The SMILES string of the molecule is CC(C)(C)c1ccc(N2B3c4cc(C(C)(C)C)ccc4-n4c5cc6c(cc5c5c7oc8ccccc8c7c(c3c54)-c3cc4c(cc32)C(C)(C)c2cc3c(cc2-4)C(C)(C)CCC3(C)C)C(C)(C)CCC6(C)C)cc1. The molecule has 2 aliphatic heterocycles. The number of hydrogen-bond donors (Lipinski definition) is 0. The van der Waals surface area contributed by atoms with Crippen LogP contribution in [0.15, 0.2) is 108 Å². The lowest BCUT2D eigenvalue weighted by atomic mass is 9.43. The highest BCUT2D eigenvalue weighted by molar-refractivity contribution is 6.94. The van der Waals surface area contributed by atoms with Gasteiger partial charge in [0, 0.05) is 44.2 Å². The van der Waals surface area contributed by atoms with Crippen molar-refractivity contribution in [2.24, 2.45) is 0 Å². The van der Waals surface area contributed by atoms with Gasteiger partial charge in [-0.15, -0.1) is 0 Å². The second-order valence-corrected chi connectivity index (χ2v) is 28.7. The molecule has 0 radical (unpaired) electrons. The first kappa shape index (κ1) is 45.6. The van der Waals surface area contributed by atoms with E-state index in [4.69, 9.17) is 4.42 Å². The summed E-state index contributed by atoms with van der Waals surface area (Å²) in [5, 5.41) is 4.97. The third kappa shape index (κ3) is 5.90. The van der Waals surface area contributed by atoms with Gasteiger partial charge in [0.25, 0.3) is 0 Å². The van der Waals surface area contributed by atoms with Gasteiger partial charge in [0.2, 0.25) is 0 Å². The van der Waals surface area contributed by atoms with Gasteiger partial charge in [-0.25, -0.2) is 0 Å². The summed E-state index contributed by atoms with van der Waals surface area (Å²) in [5.74, 6) is 0. The van der Waals surface area contributed by atoms with Crippen molar-refractivity contribution in [3.8, 4) is 27.9 Å². The summed E-state index contributed by atoms with van der Waals surface area (Å²) < 4.78 is 10.1. The van der Waals surface area contributed by atoms with Crippen LogP contribution in [0, 0.1) is 0 Å². The normalized spacial score (nSPS) is 19.2. The molecule has 5 aliphatic rings. The molecule has 4 heteroatoms. The van der Waals surface area contributed by atoms with Gasteiger partial charge in [0.15, 0.2) is 0 Å². The zero-order valence-electron chi connectivity index (χ0n) is 46.5. The Balaban J connectivity index is 1.20. The Hall–Kier alpha value is -6.00. The van der Waals surface area contributed by atoms with Gasteiger partial charge in [-0.3, -0.25) is 0 Å². The van der Waals surface area contributed by atoms with Crippen LogP contribution in [0.25, 0.3) is 71.7 Å². The number of hydrogen-bond acceptors (Lipinski definition) is 2.